The summed E-state index contributed by atoms with van der Waals surface area (Å²) < 4.78 is 26.8. The number of rotatable bonds is 24. The number of hydrogen-bond acceptors (Lipinski definition) is 18. The molecule has 1 saturated heterocycles. The zero-order valence-corrected chi connectivity index (χ0v) is 54.9. The van der Waals surface area contributed by atoms with E-state index in [9.17, 15) is 58.8 Å². The van der Waals surface area contributed by atoms with E-state index in [-0.39, 0.29) is 92.0 Å². The molecule has 2 unspecified atom stereocenters. The topological polar surface area (TPSA) is 322 Å². The van der Waals surface area contributed by atoms with Gasteiger partial charge in [-0.25, -0.2) is 4.79 Å². The summed E-state index contributed by atoms with van der Waals surface area (Å²) >= 11 is 0. The first-order valence-electron chi connectivity index (χ1n) is 32.5. The third kappa shape index (κ3) is 19.6. The fourth-order valence-electron chi connectivity index (χ4n) is 11.0. The Morgan fingerprint density at radius 3 is 1.87 bits per heavy atom. The molecule has 24 nitrogen and oxygen atoms in total. The molecule has 24 heteroatoms. The molecule has 6 N–H and O–H groups in total. The van der Waals surface area contributed by atoms with Gasteiger partial charge in [-0.2, -0.15) is 0 Å². The average Bonchev–Trinajstić information content (AvgIpc) is 1.66. The number of aryl methyl sites for hydroxylation is 1. The number of benzene rings is 5. The van der Waals surface area contributed by atoms with E-state index in [4.69, 9.17) is 23.7 Å². The van der Waals surface area contributed by atoms with Gasteiger partial charge in [0.25, 0.3) is 23.6 Å². The Kier molecular flexibility index (Phi) is 26.8. The molecule has 512 valence electrons. The van der Waals surface area contributed by atoms with E-state index in [2.05, 4.69) is 44.9 Å². The molecule has 11 rings (SSSR count). The van der Waals surface area contributed by atoms with Crippen molar-refractivity contribution in [3.63, 3.8) is 0 Å². The van der Waals surface area contributed by atoms with Crippen molar-refractivity contribution in [2.24, 2.45) is 9.98 Å². The number of methoxy groups -OCH3 is 1. The summed E-state index contributed by atoms with van der Waals surface area (Å²) in [5, 5.41) is 45.0. The summed E-state index contributed by atoms with van der Waals surface area (Å²) in [7, 11) is 1.67. The lowest BCUT2D eigenvalue weighted by Gasteiger charge is -2.38. The monoisotopic (exact) mass is 1330 g/mol. The van der Waals surface area contributed by atoms with Crippen LogP contribution in [0.4, 0.5) is 17.1 Å². The number of hydrogen-bond donors (Lipinski definition) is 6. The number of aliphatic imine (C=N–C) groups is 2. The Balaban J connectivity index is 0.000000198. The second-order valence-electron chi connectivity index (χ2n) is 23.2. The molecule has 5 aromatic rings. The molecule has 6 aliphatic rings. The minimum Gasteiger partial charge on any atom is -0.493 e. The first kappa shape index (κ1) is 72.8. The number of fused-ring (bicyclic) bond motifs is 4. The lowest BCUT2D eigenvalue weighted by atomic mass is 9.99. The Labute approximate surface area is 562 Å². The van der Waals surface area contributed by atoms with Crippen LogP contribution in [0.3, 0.4) is 0 Å². The van der Waals surface area contributed by atoms with Gasteiger partial charge >= 0.3 is 11.9 Å². The van der Waals surface area contributed by atoms with Crippen molar-refractivity contribution in [1.29, 1.82) is 0 Å². The summed E-state index contributed by atoms with van der Waals surface area (Å²) in [4.78, 5) is 111. The number of nitrogens with zero attached hydrogens (tertiary/aromatic N) is 5. The number of anilines is 1. The summed E-state index contributed by atoms with van der Waals surface area (Å²) in [6.07, 6.45) is 5.71. The van der Waals surface area contributed by atoms with Crippen molar-refractivity contribution >= 4 is 88.0 Å². The molecular formula is C73H83N7O17. The zero-order chi connectivity index (χ0) is 69.5. The molecular weight excluding hydrogens is 1250 g/mol. The van der Waals surface area contributed by atoms with Gasteiger partial charge in [-0.05, 0) is 96.0 Å². The summed E-state index contributed by atoms with van der Waals surface area (Å²) in [6, 6.07) is 35.9. The van der Waals surface area contributed by atoms with Gasteiger partial charge in [-0.3, -0.25) is 48.4 Å². The number of carbonyl (C=O) groups excluding carboxylic acids is 7. The third-order valence-corrected chi connectivity index (χ3v) is 16.1. The lowest BCUT2D eigenvalue weighted by Crippen LogP contribution is -2.61. The first-order chi connectivity index (χ1) is 46.9. The van der Waals surface area contributed by atoms with E-state index in [0.717, 1.165) is 52.3 Å². The van der Waals surface area contributed by atoms with Gasteiger partial charge in [0.2, 0.25) is 18.1 Å². The average molecular weight is 1330 g/mol. The number of carboxylic acids is 1. The number of aliphatic hydroxyl groups is 3. The fraction of sp³-hybridized carbons (Fsp3) is 0.370. The summed E-state index contributed by atoms with van der Waals surface area (Å²) in [5.74, 6) is -2.94. The molecule has 0 bridgehead atoms. The van der Waals surface area contributed by atoms with Gasteiger partial charge in [0, 0.05) is 108 Å². The number of aliphatic hydroxyl groups excluding tert-OH is 3. The lowest BCUT2D eigenvalue weighted by molar-refractivity contribution is -0.271. The predicted octanol–water partition coefficient (Wildman–Crippen LogP) is 8.80. The van der Waals surface area contributed by atoms with Crippen molar-refractivity contribution < 1.29 is 82.5 Å². The van der Waals surface area contributed by atoms with Gasteiger partial charge in [-0.15, -0.1) is 0 Å². The number of nitrogens with one attached hydrogen (secondary N) is 2. The van der Waals surface area contributed by atoms with Crippen molar-refractivity contribution in [2.45, 2.75) is 141 Å². The van der Waals surface area contributed by atoms with Crippen LogP contribution in [0.15, 0.2) is 150 Å². The molecule has 6 aliphatic heterocycles. The maximum Gasteiger partial charge on any atom is 0.335 e. The number of imide groups is 1. The quantitative estimate of drug-likeness (QED) is 0.0191. The second kappa shape index (κ2) is 35.7. The van der Waals surface area contributed by atoms with Crippen LogP contribution in [0.25, 0.3) is 11.1 Å². The second-order valence-corrected chi connectivity index (χ2v) is 23.2. The third-order valence-electron chi connectivity index (χ3n) is 16.1. The summed E-state index contributed by atoms with van der Waals surface area (Å²) in [5.41, 5.74) is 8.97. The molecule has 0 aromatic heterocycles. The first-order valence-corrected chi connectivity index (χ1v) is 32.5. The standard InChI is InChI=1S/C30H39N3O13.C22H22N2O3.C19H16N2O.C2H6/c1-2-6-24(38)44-16-17-8-9-19(45-30-27(41)25(39)26(40)28(46-30)29(42)43)18(15-17)32-21(35)12-13-31-20(34)7-4-3-5-14-33-22(36)10-11-23(33)37;1-26-10-5-11-27-19-8-9-20-21(13-19)23-14-18-12-17(15-24(18)22(20)25)16-6-3-2-4-7-16;1-13-7-8-17-18(9-13)20-11-16-10-15(12-21(16)19(17)22)14-5-3-2-4-6-14;1-2/h8-11,15,25-28,30,39-41H,2-7,12-14,16H2,1H3,(H,31,34)(H,32,35)(H,42,43);2-4,6-9,13-15,18H,5,10-12H2,1H3;2-9,11-12,16H,10H2,1H3;1-2H3/t25-,26-,27?,28?,30+;18-;16-;/m000./s1. The van der Waals surface area contributed by atoms with Gasteiger partial charge in [0.05, 0.1) is 46.9 Å². The van der Waals surface area contributed by atoms with Crippen LogP contribution >= 0.6 is 0 Å². The number of unbranched alkanes of at least 4 members (excludes halogenated alkanes) is 2. The summed E-state index contributed by atoms with van der Waals surface area (Å²) in [6.45, 7) is 9.20. The number of ether oxygens (including phenoxy) is 5. The van der Waals surface area contributed by atoms with E-state index in [1.54, 1.807) is 18.1 Å². The maximum absolute atomic E-state index is 13.0. The molecule has 7 atom stereocenters. The highest BCUT2D eigenvalue weighted by Gasteiger charge is 2.48. The minimum atomic E-state index is -1.93. The molecule has 0 spiro atoms. The van der Waals surface area contributed by atoms with Crippen LogP contribution in [0, 0.1) is 6.92 Å². The van der Waals surface area contributed by atoms with E-state index < -0.39 is 48.6 Å². The molecule has 0 aliphatic carbocycles. The van der Waals surface area contributed by atoms with Gasteiger partial charge in [0.1, 0.15) is 36.4 Å². The van der Waals surface area contributed by atoms with Gasteiger partial charge < -0.3 is 64.5 Å². The van der Waals surface area contributed by atoms with Crippen LogP contribution in [0.1, 0.15) is 128 Å². The number of carbonyl (C=O) groups is 8. The van der Waals surface area contributed by atoms with Gasteiger partial charge in [0.15, 0.2) is 6.10 Å². The van der Waals surface area contributed by atoms with Crippen LogP contribution in [0.5, 0.6) is 11.5 Å². The van der Waals surface area contributed by atoms with Crippen molar-refractivity contribution in [3.8, 4) is 11.5 Å². The molecule has 5 aromatic carbocycles. The van der Waals surface area contributed by atoms with Crippen molar-refractivity contribution in [2.75, 3.05) is 38.7 Å². The zero-order valence-electron chi connectivity index (χ0n) is 54.9. The molecule has 6 amide bonds. The number of carboxylic acid groups (broad SMARTS) is 1. The number of esters is 1. The highest BCUT2D eigenvalue weighted by Crippen LogP contribution is 2.38. The fourth-order valence-corrected chi connectivity index (χ4v) is 11.0. The largest absolute Gasteiger partial charge is 0.493 e. The molecule has 6 heterocycles. The SMILES string of the molecule is CC.CCCC(=O)OCc1ccc(O[C@@H]2OC(C(=O)O)[C@@H](O)[C@H](O)C2O)c(NC(=O)CCNC(=O)CCCCCN2C(=O)C=CC2=O)c1.COCCCOc1ccc2c(c1)N=C[C@@H]1CC(c3ccccc3)=CN1C2=O.Cc1ccc2c(c1)N=C[C@@H]1CC(c3ccccc3)=CN1C2=O. The smallest absolute Gasteiger partial charge is 0.335 e. The minimum absolute atomic E-state index is 0.00749. The Morgan fingerprint density at radius 1 is 0.660 bits per heavy atom. The molecule has 97 heavy (non-hydrogen) atoms. The maximum atomic E-state index is 13.0. The van der Waals surface area contributed by atoms with Crippen molar-refractivity contribution in [1.82, 2.24) is 20.0 Å². The van der Waals surface area contributed by atoms with Crippen LogP contribution < -0.4 is 20.1 Å². The highest BCUT2D eigenvalue weighted by molar-refractivity contribution is 6.13. The Hall–Kier alpha value is -9.98. The number of amides is 6. The Morgan fingerprint density at radius 2 is 1.27 bits per heavy atom. The van der Waals surface area contributed by atoms with Crippen LogP contribution in [-0.2, 0) is 49.6 Å². The van der Waals surface area contributed by atoms with Gasteiger partial charge in [-0.1, -0.05) is 100.0 Å². The number of aliphatic carboxylic acids is 1. The van der Waals surface area contributed by atoms with E-state index in [1.165, 1.54) is 41.5 Å². The molecule has 0 radical (unpaired) electrons. The van der Waals surface area contributed by atoms with E-state index in [0.29, 0.717) is 61.3 Å². The normalized spacial score (nSPS) is 20.1. The molecule has 0 saturated carbocycles. The molecule has 1 fully saturated rings. The highest BCUT2D eigenvalue weighted by atomic mass is 16.7. The van der Waals surface area contributed by atoms with E-state index in [1.807, 2.05) is 124 Å². The van der Waals surface area contributed by atoms with E-state index >= 15 is 0 Å². The predicted molar refractivity (Wildman–Crippen MR) is 362 cm³/mol. The Bertz CT molecular complexity index is 3760. The van der Waals surface area contributed by atoms with Crippen molar-refractivity contribution in [3.05, 3.63) is 173 Å². The van der Waals surface area contributed by atoms with Crippen LogP contribution in [-0.4, -0.2) is 171 Å². The van der Waals surface area contributed by atoms with Crippen LogP contribution in [0.2, 0.25) is 0 Å².